The number of hydrogen-bond acceptors (Lipinski definition) is 6. The molecular formula is C12H8ClF2NO6S3. The van der Waals surface area contributed by atoms with Crippen molar-refractivity contribution >= 4 is 39.8 Å². The van der Waals surface area contributed by atoms with Crippen LogP contribution >= 0.6 is 10.7 Å². The monoisotopic (exact) mass is 431 g/mol. The topological polar surface area (TPSA) is 114 Å². The minimum absolute atomic E-state index is 0.279. The van der Waals surface area contributed by atoms with Gasteiger partial charge in [-0.2, -0.15) is 0 Å². The number of sulfonamides is 2. The van der Waals surface area contributed by atoms with Crippen molar-refractivity contribution in [3.8, 4) is 0 Å². The van der Waals surface area contributed by atoms with Crippen LogP contribution in [-0.2, 0) is 29.1 Å². The van der Waals surface area contributed by atoms with Crippen molar-refractivity contribution in [2.75, 3.05) is 0 Å². The molecule has 2 rings (SSSR count). The summed E-state index contributed by atoms with van der Waals surface area (Å²) in [6, 6.07) is 4.78. The van der Waals surface area contributed by atoms with E-state index < -0.39 is 55.4 Å². The normalized spacial score (nSPS) is 12.9. The minimum Gasteiger partial charge on any atom is -0.207 e. The first-order chi connectivity index (χ1) is 11.3. The van der Waals surface area contributed by atoms with Crippen molar-refractivity contribution < 1.29 is 34.0 Å². The highest BCUT2D eigenvalue weighted by Crippen LogP contribution is 2.20. The van der Waals surface area contributed by atoms with Crippen LogP contribution in [0.15, 0.2) is 57.2 Å². The third-order valence-corrected chi connectivity index (χ3v) is 7.75. The van der Waals surface area contributed by atoms with Crippen LogP contribution in [0.3, 0.4) is 0 Å². The fraction of sp³-hybridized carbons (Fsp3) is 0. The molecule has 0 saturated heterocycles. The summed E-state index contributed by atoms with van der Waals surface area (Å²) in [7, 11) is -8.59. The molecule has 136 valence electrons. The maximum absolute atomic E-state index is 13.6. The van der Waals surface area contributed by atoms with Gasteiger partial charge in [-0.15, -0.1) is 4.13 Å². The van der Waals surface area contributed by atoms with E-state index in [2.05, 4.69) is 0 Å². The number of nitrogens with one attached hydrogen (secondary N) is 1. The van der Waals surface area contributed by atoms with E-state index in [1.165, 1.54) is 4.13 Å². The van der Waals surface area contributed by atoms with Crippen molar-refractivity contribution in [2.45, 2.75) is 14.7 Å². The van der Waals surface area contributed by atoms with Gasteiger partial charge in [0.05, 0.1) is 9.79 Å². The van der Waals surface area contributed by atoms with Gasteiger partial charge in [0.1, 0.15) is 16.5 Å². The molecule has 0 aromatic heterocycles. The van der Waals surface area contributed by atoms with Gasteiger partial charge in [-0.1, -0.05) is 0 Å². The van der Waals surface area contributed by atoms with Gasteiger partial charge < -0.3 is 0 Å². The summed E-state index contributed by atoms with van der Waals surface area (Å²) in [6.07, 6.45) is 0. The predicted molar refractivity (Wildman–Crippen MR) is 83.3 cm³/mol. The van der Waals surface area contributed by atoms with E-state index in [1.54, 1.807) is 0 Å². The summed E-state index contributed by atoms with van der Waals surface area (Å²) < 4.78 is 98.1. The largest absolute Gasteiger partial charge is 0.261 e. The highest BCUT2D eigenvalue weighted by Gasteiger charge is 2.27. The van der Waals surface area contributed by atoms with Gasteiger partial charge >= 0.3 is 0 Å². The van der Waals surface area contributed by atoms with Crippen LogP contribution in [0.5, 0.6) is 0 Å². The van der Waals surface area contributed by atoms with E-state index >= 15 is 0 Å². The molecule has 0 atom stereocenters. The maximum atomic E-state index is 13.6. The highest BCUT2D eigenvalue weighted by atomic mass is 35.7. The lowest BCUT2D eigenvalue weighted by Gasteiger charge is -2.09. The molecule has 7 nitrogen and oxygen atoms in total. The van der Waals surface area contributed by atoms with Gasteiger partial charge in [0.2, 0.25) is 0 Å². The van der Waals surface area contributed by atoms with Gasteiger partial charge in [-0.05, 0) is 36.4 Å². The molecular weight excluding hydrogens is 424 g/mol. The van der Waals surface area contributed by atoms with E-state index in [-0.39, 0.29) is 6.07 Å². The third-order valence-electron chi connectivity index (χ3n) is 2.82. The number of halogens is 3. The summed E-state index contributed by atoms with van der Waals surface area (Å²) in [5, 5.41) is 0. The van der Waals surface area contributed by atoms with Crippen molar-refractivity contribution in [1.29, 1.82) is 0 Å². The van der Waals surface area contributed by atoms with Crippen LogP contribution in [0.25, 0.3) is 0 Å². The zero-order valence-electron chi connectivity index (χ0n) is 11.8. The van der Waals surface area contributed by atoms with Crippen LogP contribution in [0.1, 0.15) is 0 Å². The first kappa shape index (κ1) is 19.7. The molecule has 0 spiro atoms. The molecule has 0 unspecified atom stereocenters. The molecule has 13 heteroatoms. The number of hydrogen-bond donors (Lipinski definition) is 1. The van der Waals surface area contributed by atoms with Crippen molar-refractivity contribution in [2.24, 2.45) is 0 Å². The Bertz CT molecular complexity index is 1130. The Morgan fingerprint density at radius 1 is 0.760 bits per heavy atom. The first-order valence-corrected chi connectivity index (χ1v) is 11.4. The van der Waals surface area contributed by atoms with Crippen LogP contribution in [0, 0.1) is 11.6 Å². The minimum atomic E-state index is -4.88. The van der Waals surface area contributed by atoms with Crippen molar-refractivity contribution in [3.05, 3.63) is 54.1 Å². The van der Waals surface area contributed by atoms with Crippen LogP contribution in [-0.4, -0.2) is 25.3 Å². The summed E-state index contributed by atoms with van der Waals surface area (Å²) in [5.41, 5.74) is 0. The Morgan fingerprint density at radius 2 is 1.28 bits per heavy atom. The Morgan fingerprint density at radius 3 is 1.76 bits per heavy atom. The van der Waals surface area contributed by atoms with Crippen molar-refractivity contribution in [1.82, 2.24) is 4.13 Å². The molecule has 1 N–H and O–H groups in total. The second-order valence-corrected chi connectivity index (χ2v) is 10.7. The van der Waals surface area contributed by atoms with Crippen LogP contribution in [0.2, 0.25) is 0 Å². The van der Waals surface area contributed by atoms with E-state index in [4.69, 9.17) is 10.7 Å². The zero-order valence-corrected chi connectivity index (χ0v) is 15.1. The predicted octanol–water partition coefficient (Wildman–Crippen LogP) is 1.56. The smallest absolute Gasteiger partial charge is 0.207 e. The second kappa shape index (κ2) is 6.61. The van der Waals surface area contributed by atoms with E-state index in [0.29, 0.717) is 12.1 Å². The van der Waals surface area contributed by atoms with Gasteiger partial charge in [-0.25, -0.2) is 34.0 Å². The number of benzene rings is 2. The Balaban J connectivity index is 2.40. The van der Waals surface area contributed by atoms with Crippen LogP contribution in [0.4, 0.5) is 8.78 Å². The maximum Gasteiger partial charge on any atom is 0.261 e. The molecule has 0 fully saturated rings. The van der Waals surface area contributed by atoms with E-state index in [1.807, 2.05) is 0 Å². The summed E-state index contributed by atoms with van der Waals surface area (Å²) in [4.78, 5) is -2.08. The molecule has 0 radical (unpaired) electrons. The molecule has 0 heterocycles. The van der Waals surface area contributed by atoms with Crippen LogP contribution < -0.4 is 4.13 Å². The number of rotatable bonds is 5. The average molecular weight is 432 g/mol. The quantitative estimate of drug-likeness (QED) is 0.718. The van der Waals surface area contributed by atoms with Gasteiger partial charge in [0.25, 0.3) is 29.1 Å². The lowest BCUT2D eigenvalue weighted by Crippen LogP contribution is -2.31. The average Bonchev–Trinajstić information content (AvgIpc) is 2.45. The molecule has 0 bridgehead atoms. The molecule has 2 aromatic rings. The second-order valence-electron chi connectivity index (χ2n) is 4.57. The Hall–Kier alpha value is -1.60. The summed E-state index contributed by atoms with van der Waals surface area (Å²) in [6.45, 7) is 0. The standard InChI is InChI=1S/C12H8ClF2NO6S3/c13-23(17,18)9-2-4-10(5-3-9)24(19,20)16-25(21,22)12-6-1-8(14)7-11(12)15/h1-7,16H. The Kier molecular flexibility index (Phi) is 5.21. The highest BCUT2D eigenvalue weighted by molar-refractivity contribution is 8.13. The Labute approximate surface area is 146 Å². The fourth-order valence-electron chi connectivity index (χ4n) is 1.71. The van der Waals surface area contributed by atoms with Gasteiger partial charge in [-0.3, -0.25) is 0 Å². The SMILES string of the molecule is O=S(=O)(Cl)c1ccc(S(=O)(=O)NS(=O)(=O)c2ccc(F)cc2F)cc1. The molecule has 0 aliphatic rings. The first-order valence-electron chi connectivity index (χ1n) is 6.11. The van der Waals surface area contributed by atoms with Gasteiger partial charge in [0.15, 0.2) is 0 Å². The molecule has 0 aliphatic heterocycles. The van der Waals surface area contributed by atoms with E-state index in [0.717, 1.165) is 24.3 Å². The molecule has 0 saturated carbocycles. The summed E-state index contributed by atoms with van der Waals surface area (Å²) >= 11 is 0. The lowest BCUT2D eigenvalue weighted by atomic mass is 10.3. The molecule has 0 amide bonds. The van der Waals surface area contributed by atoms with Crippen molar-refractivity contribution in [3.63, 3.8) is 0 Å². The summed E-state index contributed by atoms with van der Waals surface area (Å²) in [5.74, 6) is -2.52. The zero-order chi connectivity index (χ0) is 19.0. The molecule has 0 aliphatic carbocycles. The molecule has 25 heavy (non-hydrogen) atoms. The third kappa shape index (κ3) is 4.52. The van der Waals surface area contributed by atoms with E-state index in [9.17, 15) is 34.0 Å². The molecule has 2 aromatic carbocycles. The lowest BCUT2D eigenvalue weighted by molar-refractivity contribution is 0.546. The fourth-order valence-corrected chi connectivity index (χ4v) is 5.44. The van der Waals surface area contributed by atoms with Gasteiger partial charge in [0, 0.05) is 16.7 Å².